The molecule has 12 heavy (non-hydrogen) atoms. The van der Waals surface area contributed by atoms with Crippen LogP contribution in [-0.2, 0) is 0 Å². The number of rotatable bonds is 1. The zero-order valence-corrected chi connectivity index (χ0v) is 7.54. The summed E-state index contributed by atoms with van der Waals surface area (Å²) in [6.07, 6.45) is 15.1. The van der Waals surface area contributed by atoms with Gasteiger partial charge in [0.1, 0.15) is 0 Å². The van der Waals surface area contributed by atoms with Crippen molar-refractivity contribution in [1.29, 1.82) is 0 Å². The number of allylic oxidation sites excluding steroid dienone is 8. The number of halogens is 1. The van der Waals surface area contributed by atoms with Gasteiger partial charge in [-0.15, -0.1) is 11.6 Å². The van der Waals surface area contributed by atoms with Crippen LogP contribution < -0.4 is 0 Å². The Kier molecular flexibility index (Phi) is 2.18. The lowest BCUT2D eigenvalue weighted by atomic mass is 9.80. The molecule has 0 aromatic carbocycles. The van der Waals surface area contributed by atoms with E-state index in [-0.39, 0.29) is 0 Å². The molecule has 2 aliphatic rings. The Labute approximate surface area is 77.9 Å². The van der Waals surface area contributed by atoms with Gasteiger partial charge < -0.3 is 0 Å². The van der Waals surface area contributed by atoms with Gasteiger partial charge in [0.25, 0.3) is 0 Å². The molecular weight excluding hydrogens is 168 g/mol. The van der Waals surface area contributed by atoms with Crippen LogP contribution in [0.3, 0.4) is 0 Å². The molecule has 1 heteroatoms. The average Bonchev–Trinajstić information content (AvgIpc) is 2.17. The summed E-state index contributed by atoms with van der Waals surface area (Å²) in [6, 6.07) is 0. The maximum atomic E-state index is 5.84. The maximum absolute atomic E-state index is 5.84. The first kappa shape index (κ1) is 7.88. The second-order valence-electron chi connectivity index (χ2n) is 3.13. The first-order valence-electron chi connectivity index (χ1n) is 4.20. The van der Waals surface area contributed by atoms with Crippen LogP contribution in [0.4, 0.5) is 0 Å². The fraction of sp³-hybridized carbons (Fsp3) is 0.273. The van der Waals surface area contributed by atoms with Crippen LogP contribution >= 0.6 is 11.6 Å². The molecule has 0 spiro atoms. The van der Waals surface area contributed by atoms with Crippen LogP contribution in [0.25, 0.3) is 0 Å². The highest BCUT2D eigenvalue weighted by molar-refractivity contribution is 6.19. The van der Waals surface area contributed by atoms with Crippen molar-refractivity contribution in [2.24, 2.45) is 11.8 Å². The van der Waals surface area contributed by atoms with Crippen LogP contribution in [0.1, 0.15) is 0 Å². The molecule has 0 heterocycles. The minimum atomic E-state index is 0.512. The van der Waals surface area contributed by atoms with Crippen molar-refractivity contribution < 1.29 is 0 Å². The van der Waals surface area contributed by atoms with Crippen molar-refractivity contribution >= 4 is 11.6 Å². The van der Waals surface area contributed by atoms with Gasteiger partial charge in [0, 0.05) is 17.7 Å². The van der Waals surface area contributed by atoms with E-state index in [1.165, 1.54) is 5.57 Å². The fourth-order valence-corrected chi connectivity index (χ4v) is 2.00. The monoisotopic (exact) mass is 178 g/mol. The molecule has 0 N–H and O–H groups in total. The van der Waals surface area contributed by atoms with Gasteiger partial charge in [-0.1, -0.05) is 42.5 Å². The number of hydrogen-bond donors (Lipinski definition) is 0. The Balaban J connectivity index is 2.28. The normalized spacial score (nSPS) is 31.6. The van der Waals surface area contributed by atoms with Crippen molar-refractivity contribution in [1.82, 2.24) is 0 Å². The van der Waals surface area contributed by atoms with Crippen LogP contribution in [0.5, 0.6) is 0 Å². The largest absolute Gasteiger partial charge is 0.122 e. The van der Waals surface area contributed by atoms with Gasteiger partial charge in [0.2, 0.25) is 0 Å². The molecule has 62 valence electrons. The topological polar surface area (TPSA) is 0 Å². The second kappa shape index (κ2) is 3.32. The Hall–Kier alpha value is -0.750. The van der Waals surface area contributed by atoms with Crippen LogP contribution in [0, 0.1) is 11.8 Å². The predicted octanol–water partition coefficient (Wildman–Crippen LogP) is 3.08. The van der Waals surface area contributed by atoms with Crippen LogP contribution in [0.2, 0.25) is 0 Å². The minimum absolute atomic E-state index is 0.512. The maximum Gasteiger partial charge on any atom is 0.0442 e. The van der Waals surface area contributed by atoms with E-state index in [0.717, 1.165) is 0 Å². The zero-order valence-electron chi connectivity index (χ0n) is 6.78. The summed E-state index contributed by atoms with van der Waals surface area (Å²) in [5, 5.41) is 0. The second-order valence-corrected chi connectivity index (χ2v) is 3.40. The lowest BCUT2D eigenvalue weighted by molar-refractivity contribution is 0.625. The molecular formula is C11H11Cl. The van der Waals surface area contributed by atoms with Gasteiger partial charge in [-0.3, -0.25) is 0 Å². The molecule has 0 aromatic rings. The third kappa shape index (κ3) is 1.27. The summed E-state index contributed by atoms with van der Waals surface area (Å²) in [5.74, 6) is 1.69. The molecule has 0 saturated heterocycles. The molecule has 0 amide bonds. The Bertz CT molecular complexity index is 281. The molecule has 0 aliphatic heterocycles. The van der Waals surface area contributed by atoms with Crippen LogP contribution in [-0.4, -0.2) is 5.88 Å². The molecule has 2 aliphatic carbocycles. The van der Waals surface area contributed by atoms with E-state index in [4.69, 9.17) is 11.6 Å². The van der Waals surface area contributed by atoms with E-state index in [2.05, 4.69) is 42.5 Å². The van der Waals surface area contributed by atoms with Crippen molar-refractivity contribution in [3.63, 3.8) is 0 Å². The highest BCUT2D eigenvalue weighted by atomic mass is 35.5. The standard InChI is InChI=1S/C11H11Cl/c12-8-10-6-3-5-9-4-1-2-7-11(9)10/h1-7,9,11H,8H2. The molecule has 2 rings (SSSR count). The van der Waals surface area contributed by atoms with Crippen molar-refractivity contribution in [3.05, 3.63) is 48.1 Å². The quantitative estimate of drug-likeness (QED) is 0.542. The predicted molar refractivity (Wildman–Crippen MR) is 53.2 cm³/mol. The summed E-state index contributed by atoms with van der Waals surface area (Å²) >= 11 is 5.84. The van der Waals surface area contributed by atoms with E-state index in [0.29, 0.717) is 17.7 Å². The van der Waals surface area contributed by atoms with Crippen molar-refractivity contribution in [3.8, 4) is 0 Å². The Morgan fingerprint density at radius 3 is 2.67 bits per heavy atom. The Morgan fingerprint density at radius 1 is 1.08 bits per heavy atom. The summed E-state index contributed by atoms with van der Waals surface area (Å²) in [4.78, 5) is 0. The summed E-state index contributed by atoms with van der Waals surface area (Å²) in [6.45, 7) is 0. The summed E-state index contributed by atoms with van der Waals surface area (Å²) in [7, 11) is 0. The lowest BCUT2D eigenvalue weighted by Gasteiger charge is -2.25. The first-order chi connectivity index (χ1) is 5.92. The molecule has 0 fully saturated rings. The number of alkyl halides is 1. The third-order valence-corrected chi connectivity index (χ3v) is 2.71. The highest BCUT2D eigenvalue weighted by Crippen LogP contribution is 2.31. The Morgan fingerprint density at radius 2 is 1.83 bits per heavy atom. The molecule has 2 atom stereocenters. The number of fused-ring (bicyclic) bond motifs is 1. The van der Waals surface area contributed by atoms with Crippen LogP contribution in [0.15, 0.2) is 48.1 Å². The van der Waals surface area contributed by atoms with Gasteiger partial charge in [-0.05, 0) is 5.57 Å². The SMILES string of the molecule is ClCC1=CC=CC2C=CC=CC12. The number of hydrogen-bond acceptors (Lipinski definition) is 0. The zero-order chi connectivity index (χ0) is 8.39. The van der Waals surface area contributed by atoms with Gasteiger partial charge in [0.05, 0.1) is 0 Å². The van der Waals surface area contributed by atoms with E-state index >= 15 is 0 Å². The van der Waals surface area contributed by atoms with E-state index in [1.807, 2.05) is 0 Å². The molecule has 0 aromatic heterocycles. The van der Waals surface area contributed by atoms with Gasteiger partial charge in [-0.25, -0.2) is 0 Å². The third-order valence-electron chi connectivity index (χ3n) is 2.40. The first-order valence-corrected chi connectivity index (χ1v) is 4.73. The van der Waals surface area contributed by atoms with E-state index < -0.39 is 0 Å². The fourth-order valence-electron chi connectivity index (χ4n) is 1.73. The molecule has 0 radical (unpaired) electrons. The van der Waals surface area contributed by atoms with E-state index in [1.54, 1.807) is 0 Å². The summed E-state index contributed by atoms with van der Waals surface area (Å²) in [5.41, 5.74) is 1.32. The van der Waals surface area contributed by atoms with E-state index in [9.17, 15) is 0 Å². The lowest BCUT2D eigenvalue weighted by Crippen LogP contribution is -2.16. The molecule has 0 bridgehead atoms. The minimum Gasteiger partial charge on any atom is -0.122 e. The molecule has 2 unspecified atom stereocenters. The molecule has 0 saturated carbocycles. The smallest absolute Gasteiger partial charge is 0.0442 e. The van der Waals surface area contributed by atoms with Crippen molar-refractivity contribution in [2.75, 3.05) is 5.88 Å². The van der Waals surface area contributed by atoms with Gasteiger partial charge in [0.15, 0.2) is 0 Å². The van der Waals surface area contributed by atoms with Gasteiger partial charge >= 0.3 is 0 Å². The van der Waals surface area contributed by atoms with Gasteiger partial charge in [-0.2, -0.15) is 0 Å². The highest BCUT2D eigenvalue weighted by Gasteiger charge is 2.21. The van der Waals surface area contributed by atoms with Crippen molar-refractivity contribution in [2.45, 2.75) is 0 Å². The molecule has 0 nitrogen and oxygen atoms in total. The average molecular weight is 179 g/mol. The summed E-state index contributed by atoms with van der Waals surface area (Å²) < 4.78 is 0.